The summed E-state index contributed by atoms with van der Waals surface area (Å²) in [6.45, 7) is 2.21. The van der Waals surface area contributed by atoms with Gasteiger partial charge in [-0.3, -0.25) is 9.79 Å². The minimum absolute atomic E-state index is 0.0749. The van der Waals surface area contributed by atoms with Crippen LogP contribution in [0.4, 0.5) is 24.5 Å². The summed E-state index contributed by atoms with van der Waals surface area (Å²) in [7, 11) is 1.67. The molecule has 32 heavy (non-hydrogen) atoms. The number of H-pyrrole nitrogens is 1. The number of alkyl halides is 3. The van der Waals surface area contributed by atoms with Crippen molar-refractivity contribution in [1.82, 2.24) is 9.88 Å². The monoisotopic (exact) mass is 444 g/mol. The van der Waals surface area contributed by atoms with Gasteiger partial charge in [0.1, 0.15) is 0 Å². The second-order valence-electron chi connectivity index (χ2n) is 7.91. The van der Waals surface area contributed by atoms with Gasteiger partial charge in [0.25, 0.3) is 0 Å². The summed E-state index contributed by atoms with van der Waals surface area (Å²) in [5, 5.41) is 10.9. The number of aromatic amines is 1. The predicted molar refractivity (Wildman–Crippen MR) is 118 cm³/mol. The lowest BCUT2D eigenvalue weighted by Gasteiger charge is -2.26. The maximum absolute atomic E-state index is 13.9. The van der Waals surface area contributed by atoms with Crippen LogP contribution in [0.2, 0.25) is 0 Å². The van der Waals surface area contributed by atoms with Crippen LogP contribution < -0.4 is 4.90 Å². The van der Waals surface area contributed by atoms with Crippen molar-refractivity contribution in [2.45, 2.75) is 25.6 Å². The van der Waals surface area contributed by atoms with Gasteiger partial charge in [-0.1, -0.05) is 18.2 Å². The van der Waals surface area contributed by atoms with Gasteiger partial charge >= 0.3 is 6.18 Å². The largest absolute Gasteiger partial charge is 0.494 e. The first-order valence-electron chi connectivity index (χ1n) is 10.2. The van der Waals surface area contributed by atoms with E-state index in [0.717, 1.165) is 11.5 Å². The first kappa shape index (κ1) is 21.7. The van der Waals surface area contributed by atoms with E-state index in [0.29, 0.717) is 30.6 Å². The van der Waals surface area contributed by atoms with E-state index in [4.69, 9.17) is 0 Å². The molecule has 168 valence electrons. The highest BCUT2D eigenvalue weighted by molar-refractivity contribution is 6.02. The van der Waals surface area contributed by atoms with Crippen molar-refractivity contribution in [2.75, 3.05) is 25.0 Å². The zero-order valence-electron chi connectivity index (χ0n) is 17.6. The standard InChI is InChI=1S/C23H23F3N4O2/c1-14(31)29(2)16-9-10-30(13-16)21-8-7-15(11-19(21)23(24,25)26)27-12-18-17-5-3-4-6-20(17)28-22(18)32/h3-8,11-12,16,28,32H,9-10,13H2,1-2H3. The molecule has 1 fully saturated rings. The summed E-state index contributed by atoms with van der Waals surface area (Å²) in [5.74, 6) is -0.210. The topological polar surface area (TPSA) is 71.9 Å². The molecule has 6 nitrogen and oxygen atoms in total. The molecule has 3 aromatic rings. The zero-order valence-corrected chi connectivity index (χ0v) is 17.6. The minimum atomic E-state index is -4.56. The Kier molecular flexibility index (Phi) is 5.58. The molecular weight excluding hydrogens is 421 g/mol. The third-order valence-electron chi connectivity index (χ3n) is 5.90. The summed E-state index contributed by atoms with van der Waals surface area (Å²) in [4.78, 5) is 21.8. The van der Waals surface area contributed by atoms with E-state index in [2.05, 4.69) is 9.98 Å². The molecule has 1 aromatic heterocycles. The Hall–Kier alpha value is -3.49. The number of benzene rings is 2. The highest BCUT2D eigenvalue weighted by Crippen LogP contribution is 2.40. The maximum atomic E-state index is 13.9. The molecule has 1 saturated heterocycles. The molecule has 2 aromatic carbocycles. The first-order chi connectivity index (χ1) is 15.1. The predicted octanol–water partition coefficient (Wildman–Crippen LogP) is 4.70. The number of anilines is 1. The second-order valence-corrected chi connectivity index (χ2v) is 7.91. The van der Waals surface area contributed by atoms with Crippen LogP contribution in [0.1, 0.15) is 24.5 Å². The molecule has 1 aliphatic rings. The SMILES string of the molecule is CC(=O)N(C)C1CCN(c2ccc(N=Cc3c(O)[nH]c4ccccc34)cc2C(F)(F)F)C1. The van der Waals surface area contributed by atoms with Crippen LogP contribution in [0, 0.1) is 0 Å². The average Bonchev–Trinajstić information content (AvgIpc) is 3.35. The Morgan fingerprint density at radius 2 is 2.03 bits per heavy atom. The van der Waals surface area contributed by atoms with Crippen molar-refractivity contribution < 1.29 is 23.1 Å². The Balaban J connectivity index is 1.64. The Bertz CT molecular complexity index is 1190. The molecular formula is C23H23F3N4O2. The van der Waals surface area contributed by atoms with Crippen molar-refractivity contribution in [2.24, 2.45) is 4.99 Å². The number of likely N-dealkylation sites (N-methyl/N-ethyl adjacent to an activating group) is 1. The number of hydrogen-bond donors (Lipinski definition) is 2. The number of hydrogen-bond acceptors (Lipinski definition) is 4. The van der Waals surface area contributed by atoms with Crippen molar-refractivity contribution in [1.29, 1.82) is 0 Å². The number of aromatic hydroxyl groups is 1. The van der Waals surface area contributed by atoms with Gasteiger partial charge < -0.3 is 19.9 Å². The van der Waals surface area contributed by atoms with Crippen LogP contribution in [0.3, 0.4) is 0 Å². The number of para-hydroxylation sites is 1. The number of carbonyl (C=O) groups is 1. The Morgan fingerprint density at radius 3 is 2.75 bits per heavy atom. The van der Waals surface area contributed by atoms with E-state index in [1.165, 1.54) is 25.3 Å². The summed E-state index contributed by atoms with van der Waals surface area (Å²) < 4.78 is 41.6. The molecule has 0 radical (unpaired) electrons. The molecule has 1 amide bonds. The van der Waals surface area contributed by atoms with Crippen molar-refractivity contribution in [3.63, 3.8) is 0 Å². The van der Waals surface area contributed by atoms with Crippen molar-refractivity contribution >= 4 is 34.4 Å². The quantitative estimate of drug-likeness (QED) is 0.573. The fraction of sp³-hybridized carbons (Fsp3) is 0.304. The summed E-state index contributed by atoms with van der Waals surface area (Å²) in [6.07, 6.45) is -2.60. The fourth-order valence-corrected chi connectivity index (χ4v) is 4.06. The van der Waals surface area contributed by atoms with E-state index in [9.17, 15) is 23.1 Å². The average molecular weight is 444 g/mol. The van der Waals surface area contributed by atoms with Gasteiger partial charge in [-0.05, 0) is 30.7 Å². The minimum Gasteiger partial charge on any atom is -0.494 e. The Labute approximate surface area is 183 Å². The number of fused-ring (bicyclic) bond motifs is 1. The number of halogens is 3. The number of aliphatic imine (C=N–C) groups is 1. The third-order valence-corrected chi connectivity index (χ3v) is 5.90. The molecule has 1 atom stereocenters. The van der Waals surface area contributed by atoms with Crippen LogP contribution in [0.15, 0.2) is 47.5 Å². The molecule has 2 heterocycles. The molecule has 4 rings (SSSR count). The van der Waals surface area contributed by atoms with Gasteiger partial charge in [0.15, 0.2) is 5.88 Å². The molecule has 0 bridgehead atoms. The van der Waals surface area contributed by atoms with Crippen molar-refractivity contribution in [3.8, 4) is 5.88 Å². The van der Waals surface area contributed by atoms with Crippen molar-refractivity contribution in [3.05, 3.63) is 53.6 Å². The van der Waals surface area contributed by atoms with Gasteiger partial charge in [0.05, 0.1) is 22.9 Å². The van der Waals surface area contributed by atoms with E-state index >= 15 is 0 Å². The fourth-order valence-electron chi connectivity index (χ4n) is 4.06. The Morgan fingerprint density at radius 1 is 1.28 bits per heavy atom. The van der Waals surface area contributed by atoms with Crippen LogP contribution in [0.25, 0.3) is 10.9 Å². The van der Waals surface area contributed by atoms with E-state index in [1.807, 2.05) is 6.07 Å². The van der Waals surface area contributed by atoms with Crippen LogP contribution >= 0.6 is 0 Å². The van der Waals surface area contributed by atoms with Gasteiger partial charge in [-0.25, -0.2) is 0 Å². The first-order valence-corrected chi connectivity index (χ1v) is 10.2. The molecule has 0 spiro atoms. The van der Waals surface area contributed by atoms with Gasteiger partial charge in [-0.2, -0.15) is 13.2 Å². The van der Waals surface area contributed by atoms with Gasteiger partial charge in [-0.15, -0.1) is 0 Å². The maximum Gasteiger partial charge on any atom is 0.418 e. The number of rotatable bonds is 4. The molecule has 1 unspecified atom stereocenters. The molecule has 9 heteroatoms. The molecule has 1 aliphatic heterocycles. The summed E-state index contributed by atoms with van der Waals surface area (Å²) in [5.41, 5.74) is 0.541. The highest BCUT2D eigenvalue weighted by atomic mass is 19.4. The van der Waals surface area contributed by atoms with Gasteiger partial charge in [0.2, 0.25) is 5.91 Å². The lowest BCUT2D eigenvalue weighted by molar-refractivity contribution is -0.137. The second kappa shape index (κ2) is 8.22. The highest BCUT2D eigenvalue weighted by Gasteiger charge is 2.37. The van der Waals surface area contributed by atoms with Crippen LogP contribution in [-0.4, -0.2) is 53.3 Å². The summed E-state index contributed by atoms with van der Waals surface area (Å²) >= 11 is 0. The molecule has 0 aliphatic carbocycles. The lowest BCUT2D eigenvalue weighted by Crippen LogP contribution is -2.37. The number of carbonyl (C=O) groups excluding carboxylic acids is 1. The van der Waals surface area contributed by atoms with Gasteiger partial charge in [0, 0.05) is 49.9 Å². The molecule has 0 saturated carbocycles. The molecule has 2 N–H and O–H groups in total. The normalized spacial score (nSPS) is 16.9. The van der Waals surface area contributed by atoms with E-state index < -0.39 is 11.7 Å². The van der Waals surface area contributed by atoms with Crippen LogP contribution in [0.5, 0.6) is 5.88 Å². The van der Waals surface area contributed by atoms with Crippen LogP contribution in [-0.2, 0) is 11.0 Å². The smallest absolute Gasteiger partial charge is 0.418 e. The lowest BCUT2D eigenvalue weighted by atomic mass is 10.1. The number of nitrogens with zero attached hydrogens (tertiary/aromatic N) is 3. The summed E-state index contributed by atoms with van der Waals surface area (Å²) in [6, 6.07) is 11.0. The van der Waals surface area contributed by atoms with E-state index in [-0.39, 0.29) is 29.2 Å². The third kappa shape index (κ3) is 4.15. The number of amides is 1. The zero-order chi connectivity index (χ0) is 23.0. The number of nitrogens with one attached hydrogen (secondary N) is 1. The number of aromatic nitrogens is 1. The van der Waals surface area contributed by atoms with E-state index in [1.54, 1.807) is 35.0 Å².